The van der Waals surface area contributed by atoms with Crippen LogP contribution >= 0.6 is 0 Å². The highest BCUT2D eigenvalue weighted by molar-refractivity contribution is 5.39. The van der Waals surface area contributed by atoms with Gasteiger partial charge in [0, 0.05) is 32.0 Å². The van der Waals surface area contributed by atoms with E-state index in [1.165, 1.54) is 12.8 Å². The Morgan fingerprint density at radius 3 is 3.14 bits per heavy atom. The van der Waals surface area contributed by atoms with Gasteiger partial charge in [-0.05, 0) is 37.4 Å². The Morgan fingerprint density at radius 2 is 2.27 bits per heavy atom. The summed E-state index contributed by atoms with van der Waals surface area (Å²) in [5.41, 5.74) is 2.17. The van der Waals surface area contributed by atoms with E-state index in [0.717, 1.165) is 37.5 Å². The summed E-state index contributed by atoms with van der Waals surface area (Å²) in [7, 11) is 0. The van der Waals surface area contributed by atoms with Crippen molar-refractivity contribution < 1.29 is 0 Å². The van der Waals surface area contributed by atoms with Crippen LogP contribution < -0.4 is 0 Å². The Kier molecular flexibility index (Phi) is 3.60. The van der Waals surface area contributed by atoms with Crippen LogP contribution in [0, 0.1) is 5.92 Å². The molecule has 0 aliphatic carbocycles. The number of nitrogens with zero attached hydrogens (tertiary/aromatic N) is 6. The van der Waals surface area contributed by atoms with Gasteiger partial charge in [0.25, 0.3) is 0 Å². The van der Waals surface area contributed by atoms with Crippen molar-refractivity contribution in [2.45, 2.75) is 25.9 Å². The smallest absolute Gasteiger partial charge is 0.137 e. The van der Waals surface area contributed by atoms with Crippen LogP contribution in [0.3, 0.4) is 0 Å². The second-order valence-electron chi connectivity index (χ2n) is 6.06. The first-order valence-electron chi connectivity index (χ1n) is 7.84. The lowest BCUT2D eigenvalue weighted by Crippen LogP contribution is -2.36. The molecule has 0 N–H and O–H groups in total. The zero-order chi connectivity index (χ0) is 14.8. The monoisotopic (exact) mass is 296 g/mol. The van der Waals surface area contributed by atoms with E-state index < -0.39 is 0 Å². The van der Waals surface area contributed by atoms with Crippen LogP contribution in [0.5, 0.6) is 0 Å². The van der Waals surface area contributed by atoms with Gasteiger partial charge in [0.1, 0.15) is 18.3 Å². The molecule has 0 unspecified atom stereocenters. The number of hydrogen-bond acceptors (Lipinski definition) is 4. The van der Waals surface area contributed by atoms with Crippen molar-refractivity contribution in [3.8, 4) is 0 Å². The fraction of sp³-hybridized carbons (Fsp3) is 0.438. The van der Waals surface area contributed by atoms with Crippen molar-refractivity contribution in [3.63, 3.8) is 0 Å². The molecule has 1 aliphatic heterocycles. The van der Waals surface area contributed by atoms with Crippen molar-refractivity contribution in [2.75, 3.05) is 13.1 Å². The third kappa shape index (κ3) is 2.87. The molecule has 22 heavy (non-hydrogen) atoms. The number of hydrogen-bond donors (Lipinski definition) is 0. The van der Waals surface area contributed by atoms with Gasteiger partial charge in [-0.25, -0.2) is 9.97 Å². The van der Waals surface area contributed by atoms with Gasteiger partial charge in [-0.2, -0.15) is 5.10 Å². The predicted octanol–water partition coefficient (Wildman–Crippen LogP) is 1.84. The number of pyridine rings is 1. The van der Waals surface area contributed by atoms with Crippen LogP contribution in [0.1, 0.15) is 18.5 Å². The van der Waals surface area contributed by atoms with Crippen molar-refractivity contribution in [2.24, 2.45) is 5.92 Å². The number of rotatable bonds is 4. The molecule has 6 heteroatoms. The number of fused-ring (bicyclic) bond motifs is 1. The van der Waals surface area contributed by atoms with Crippen LogP contribution in [0.4, 0.5) is 0 Å². The standard InChI is InChI=1S/C16H20N6/c1-2-7-21-11-15(19-16(21)5-1)10-20-6-3-4-14(8-20)9-22-13-17-12-18-22/h1-2,5,7,11-14H,3-4,6,8-10H2/t14-/m0/s1. The van der Waals surface area contributed by atoms with Crippen molar-refractivity contribution in [3.05, 3.63) is 48.9 Å². The second kappa shape index (κ2) is 5.88. The molecule has 0 aromatic carbocycles. The molecule has 0 spiro atoms. The summed E-state index contributed by atoms with van der Waals surface area (Å²) in [6, 6.07) is 6.11. The third-order valence-corrected chi connectivity index (χ3v) is 4.31. The Labute approximate surface area is 129 Å². The van der Waals surface area contributed by atoms with Crippen molar-refractivity contribution in [1.29, 1.82) is 0 Å². The molecular weight excluding hydrogens is 276 g/mol. The van der Waals surface area contributed by atoms with Gasteiger partial charge in [0.05, 0.1) is 5.69 Å². The summed E-state index contributed by atoms with van der Waals surface area (Å²) >= 11 is 0. The van der Waals surface area contributed by atoms with E-state index in [1.807, 2.05) is 22.9 Å². The van der Waals surface area contributed by atoms with Gasteiger partial charge < -0.3 is 4.40 Å². The average Bonchev–Trinajstić information content (AvgIpc) is 3.16. The van der Waals surface area contributed by atoms with Gasteiger partial charge in [0.2, 0.25) is 0 Å². The maximum absolute atomic E-state index is 4.70. The molecule has 0 bridgehead atoms. The number of imidazole rings is 1. The maximum atomic E-state index is 4.70. The lowest BCUT2D eigenvalue weighted by Gasteiger charge is -2.32. The highest BCUT2D eigenvalue weighted by Crippen LogP contribution is 2.19. The topological polar surface area (TPSA) is 51.2 Å². The van der Waals surface area contributed by atoms with E-state index in [2.05, 4.69) is 31.8 Å². The maximum Gasteiger partial charge on any atom is 0.137 e. The lowest BCUT2D eigenvalue weighted by molar-refractivity contribution is 0.152. The molecule has 6 nitrogen and oxygen atoms in total. The summed E-state index contributed by atoms with van der Waals surface area (Å²) in [5, 5.41) is 4.22. The van der Waals surface area contributed by atoms with Crippen molar-refractivity contribution >= 4 is 5.65 Å². The molecule has 3 aromatic rings. The van der Waals surface area contributed by atoms with Crippen LogP contribution in [-0.2, 0) is 13.1 Å². The molecule has 114 valence electrons. The number of likely N-dealkylation sites (tertiary alicyclic amines) is 1. The van der Waals surface area contributed by atoms with E-state index >= 15 is 0 Å². The SMILES string of the molecule is c1ccn2cc(CN3CCC[C@H](Cn4cncn4)C3)nc2c1. The Hall–Kier alpha value is -2.21. The fourth-order valence-corrected chi connectivity index (χ4v) is 3.33. The first-order valence-corrected chi connectivity index (χ1v) is 7.84. The molecule has 4 rings (SSSR count). The summed E-state index contributed by atoms with van der Waals surface area (Å²) < 4.78 is 4.03. The molecular formula is C16H20N6. The Balaban J connectivity index is 1.41. The van der Waals surface area contributed by atoms with Crippen LogP contribution in [0.2, 0.25) is 0 Å². The van der Waals surface area contributed by atoms with Crippen molar-refractivity contribution in [1.82, 2.24) is 29.0 Å². The minimum absolute atomic E-state index is 0.646. The molecule has 1 aliphatic rings. The highest BCUT2D eigenvalue weighted by atomic mass is 15.3. The average molecular weight is 296 g/mol. The molecule has 1 atom stereocenters. The number of piperidine rings is 1. The van der Waals surface area contributed by atoms with Gasteiger partial charge in [0.15, 0.2) is 0 Å². The van der Waals surface area contributed by atoms with E-state index in [-0.39, 0.29) is 0 Å². The number of aromatic nitrogens is 5. The third-order valence-electron chi connectivity index (χ3n) is 4.31. The molecule has 0 saturated carbocycles. The summed E-state index contributed by atoms with van der Waals surface area (Å²) in [6.45, 7) is 4.15. The second-order valence-corrected chi connectivity index (χ2v) is 6.06. The minimum Gasteiger partial charge on any atom is -0.307 e. The highest BCUT2D eigenvalue weighted by Gasteiger charge is 2.21. The van der Waals surface area contributed by atoms with E-state index in [9.17, 15) is 0 Å². The first kappa shape index (κ1) is 13.5. The van der Waals surface area contributed by atoms with E-state index in [4.69, 9.17) is 4.98 Å². The molecule has 4 heterocycles. The van der Waals surface area contributed by atoms with Gasteiger partial charge in [-0.1, -0.05) is 6.07 Å². The van der Waals surface area contributed by atoms with E-state index in [0.29, 0.717) is 5.92 Å². The van der Waals surface area contributed by atoms with Crippen LogP contribution in [0.15, 0.2) is 43.2 Å². The Morgan fingerprint density at radius 1 is 1.27 bits per heavy atom. The van der Waals surface area contributed by atoms with Crippen LogP contribution in [-0.4, -0.2) is 42.1 Å². The zero-order valence-electron chi connectivity index (χ0n) is 12.5. The quantitative estimate of drug-likeness (QED) is 0.737. The van der Waals surface area contributed by atoms with Gasteiger partial charge in [-0.3, -0.25) is 9.58 Å². The predicted molar refractivity (Wildman–Crippen MR) is 83.2 cm³/mol. The molecule has 1 fully saturated rings. The minimum atomic E-state index is 0.646. The summed E-state index contributed by atoms with van der Waals surface area (Å²) in [4.78, 5) is 11.2. The zero-order valence-corrected chi connectivity index (χ0v) is 12.5. The fourth-order valence-electron chi connectivity index (χ4n) is 3.33. The van der Waals surface area contributed by atoms with Crippen LogP contribution in [0.25, 0.3) is 5.65 Å². The molecule has 1 saturated heterocycles. The first-order chi connectivity index (χ1) is 10.9. The molecule has 3 aromatic heterocycles. The molecule has 0 radical (unpaired) electrons. The summed E-state index contributed by atoms with van der Waals surface area (Å²) in [6.07, 6.45) is 10.1. The van der Waals surface area contributed by atoms with Gasteiger partial charge >= 0.3 is 0 Å². The van der Waals surface area contributed by atoms with E-state index in [1.54, 1.807) is 12.7 Å². The summed E-state index contributed by atoms with van der Waals surface area (Å²) in [5.74, 6) is 0.646. The lowest BCUT2D eigenvalue weighted by atomic mass is 9.98. The Bertz CT molecular complexity index is 699. The van der Waals surface area contributed by atoms with Gasteiger partial charge in [-0.15, -0.1) is 0 Å². The largest absolute Gasteiger partial charge is 0.307 e. The normalized spacial score (nSPS) is 19.7. The molecule has 0 amide bonds.